The largest absolute Gasteiger partial charge is 0.381 e. The lowest BCUT2D eigenvalue weighted by atomic mass is 9.85. The minimum atomic E-state index is -1.56. The van der Waals surface area contributed by atoms with E-state index in [1.165, 1.54) is 0 Å². The van der Waals surface area contributed by atoms with Crippen LogP contribution in [0.5, 0.6) is 0 Å². The van der Waals surface area contributed by atoms with Gasteiger partial charge < -0.3 is 4.74 Å². The van der Waals surface area contributed by atoms with Crippen LogP contribution in [0.4, 0.5) is 8.78 Å². The second-order valence-corrected chi connectivity index (χ2v) is 3.66. The quantitative estimate of drug-likeness (QED) is 0.664. The Morgan fingerprint density at radius 2 is 2.08 bits per heavy atom. The summed E-state index contributed by atoms with van der Waals surface area (Å²) in [6, 6.07) is 0. The molecule has 0 saturated carbocycles. The van der Waals surface area contributed by atoms with Crippen molar-refractivity contribution in [3.8, 4) is 0 Å². The fourth-order valence-corrected chi connectivity index (χ4v) is 1.75. The van der Waals surface area contributed by atoms with E-state index in [4.69, 9.17) is 4.74 Å². The van der Waals surface area contributed by atoms with E-state index in [9.17, 15) is 8.78 Å². The molecule has 1 fully saturated rings. The maximum Gasteiger partial charge on any atom is 0.266 e. The Morgan fingerprint density at radius 3 is 2.62 bits per heavy atom. The van der Waals surface area contributed by atoms with Crippen molar-refractivity contribution < 1.29 is 13.5 Å². The molecular weight excluding hydrogens is 174 g/mol. The normalized spacial score (nSPS) is 21.2. The first-order valence-corrected chi connectivity index (χ1v) is 4.79. The van der Waals surface area contributed by atoms with E-state index in [0.717, 1.165) is 32.1 Å². The molecule has 1 saturated heterocycles. The molecule has 1 rings (SSSR count). The van der Waals surface area contributed by atoms with Gasteiger partial charge in [0, 0.05) is 13.2 Å². The van der Waals surface area contributed by atoms with Crippen molar-refractivity contribution in [2.45, 2.75) is 26.2 Å². The topological polar surface area (TPSA) is 9.23 Å². The highest BCUT2D eigenvalue weighted by molar-refractivity contribution is 4.84. The van der Waals surface area contributed by atoms with Crippen LogP contribution in [0, 0.1) is 11.8 Å². The molecule has 3 heteroatoms. The molecular formula is C10H16F2O. The molecule has 1 aliphatic rings. The van der Waals surface area contributed by atoms with Crippen molar-refractivity contribution in [1.82, 2.24) is 0 Å². The number of rotatable bonds is 3. The van der Waals surface area contributed by atoms with Crippen LogP contribution in [0.25, 0.3) is 0 Å². The Hall–Kier alpha value is -0.440. The molecule has 1 heterocycles. The van der Waals surface area contributed by atoms with Crippen molar-refractivity contribution in [1.29, 1.82) is 0 Å². The first-order valence-electron chi connectivity index (χ1n) is 4.79. The number of allylic oxidation sites excluding steroid dienone is 1. The molecule has 0 bridgehead atoms. The molecule has 0 spiro atoms. The van der Waals surface area contributed by atoms with Gasteiger partial charge in [0.2, 0.25) is 0 Å². The van der Waals surface area contributed by atoms with Crippen molar-refractivity contribution in [3.63, 3.8) is 0 Å². The van der Waals surface area contributed by atoms with E-state index in [0.29, 0.717) is 18.3 Å². The molecule has 1 aliphatic heterocycles. The van der Waals surface area contributed by atoms with Gasteiger partial charge in [0.15, 0.2) is 0 Å². The van der Waals surface area contributed by atoms with Crippen LogP contribution in [-0.4, -0.2) is 13.2 Å². The molecule has 13 heavy (non-hydrogen) atoms. The third kappa shape index (κ3) is 3.85. The standard InChI is InChI=1S/C10H16F2O/c1-8(2-3-10(11)12)9-4-6-13-7-5-9/h3,8-9H,2,4-7H2,1H3. The average molecular weight is 190 g/mol. The van der Waals surface area contributed by atoms with Crippen LogP contribution in [-0.2, 0) is 4.74 Å². The van der Waals surface area contributed by atoms with Gasteiger partial charge in [-0.3, -0.25) is 0 Å². The van der Waals surface area contributed by atoms with Crippen LogP contribution in [0.1, 0.15) is 26.2 Å². The maximum absolute atomic E-state index is 11.8. The summed E-state index contributed by atoms with van der Waals surface area (Å²) in [4.78, 5) is 0. The van der Waals surface area contributed by atoms with Crippen LogP contribution in [0.15, 0.2) is 12.2 Å². The molecule has 0 N–H and O–H groups in total. The first kappa shape index (κ1) is 10.6. The number of halogens is 2. The SMILES string of the molecule is CC(CC=C(F)F)C1CCOCC1. The summed E-state index contributed by atoms with van der Waals surface area (Å²) < 4.78 is 28.8. The fourth-order valence-electron chi connectivity index (χ4n) is 1.75. The van der Waals surface area contributed by atoms with Gasteiger partial charge in [0.25, 0.3) is 6.08 Å². The van der Waals surface area contributed by atoms with E-state index in [2.05, 4.69) is 0 Å². The molecule has 0 amide bonds. The van der Waals surface area contributed by atoms with E-state index in [1.807, 2.05) is 6.92 Å². The van der Waals surface area contributed by atoms with Crippen molar-refractivity contribution >= 4 is 0 Å². The van der Waals surface area contributed by atoms with Crippen LogP contribution >= 0.6 is 0 Å². The predicted molar refractivity (Wildman–Crippen MR) is 47.6 cm³/mol. The highest BCUT2D eigenvalue weighted by atomic mass is 19.3. The van der Waals surface area contributed by atoms with Gasteiger partial charge in [0.1, 0.15) is 0 Å². The zero-order valence-electron chi connectivity index (χ0n) is 7.93. The van der Waals surface area contributed by atoms with Gasteiger partial charge in [-0.1, -0.05) is 6.92 Å². The summed E-state index contributed by atoms with van der Waals surface area (Å²) in [6.07, 6.45) is 2.00. The zero-order chi connectivity index (χ0) is 9.68. The molecule has 0 aromatic carbocycles. The molecule has 1 atom stereocenters. The maximum atomic E-state index is 11.8. The van der Waals surface area contributed by atoms with Crippen LogP contribution < -0.4 is 0 Å². The molecule has 1 nitrogen and oxygen atoms in total. The smallest absolute Gasteiger partial charge is 0.266 e. The zero-order valence-corrected chi connectivity index (χ0v) is 7.93. The highest BCUT2D eigenvalue weighted by Gasteiger charge is 2.19. The van der Waals surface area contributed by atoms with Crippen molar-refractivity contribution in [2.24, 2.45) is 11.8 Å². The second kappa shape index (κ2) is 5.32. The Bertz CT molecular complexity index is 170. The first-order chi connectivity index (χ1) is 6.20. The minimum Gasteiger partial charge on any atom is -0.381 e. The number of hydrogen-bond donors (Lipinski definition) is 0. The summed E-state index contributed by atoms with van der Waals surface area (Å²) in [6.45, 7) is 3.61. The van der Waals surface area contributed by atoms with Crippen LogP contribution in [0.2, 0.25) is 0 Å². The third-order valence-corrected chi connectivity index (χ3v) is 2.71. The van der Waals surface area contributed by atoms with Gasteiger partial charge >= 0.3 is 0 Å². The van der Waals surface area contributed by atoms with E-state index >= 15 is 0 Å². The van der Waals surface area contributed by atoms with Gasteiger partial charge in [-0.2, -0.15) is 8.78 Å². The third-order valence-electron chi connectivity index (χ3n) is 2.71. The number of hydrogen-bond acceptors (Lipinski definition) is 1. The average Bonchev–Trinajstić information content (AvgIpc) is 2.15. The van der Waals surface area contributed by atoms with Gasteiger partial charge in [0.05, 0.1) is 0 Å². The van der Waals surface area contributed by atoms with Gasteiger partial charge in [-0.25, -0.2) is 0 Å². The fraction of sp³-hybridized carbons (Fsp3) is 0.800. The Balaban J connectivity index is 2.28. The molecule has 0 aliphatic carbocycles. The van der Waals surface area contributed by atoms with Gasteiger partial charge in [-0.15, -0.1) is 0 Å². The Kier molecular flexibility index (Phi) is 4.36. The van der Waals surface area contributed by atoms with E-state index in [1.54, 1.807) is 0 Å². The summed E-state index contributed by atoms with van der Waals surface area (Å²) in [7, 11) is 0. The summed E-state index contributed by atoms with van der Waals surface area (Å²) in [5.41, 5.74) is 0. The minimum absolute atomic E-state index is 0.352. The molecule has 0 radical (unpaired) electrons. The van der Waals surface area contributed by atoms with Gasteiger partial charge in [-0.05, 0) is 37.2 Å². The summed E-state index contributed by atoms with van der Waals surface area (Å²) in [5.74, 6) is 0.912. The molecule has 0 aromatic rings. The van der Waals surface area contributed by atoms with E-state index in [-0.39, 0.29) is 0 Å². The second-order valence-electron chi connectivity index (χ2n) is 3.66. The van der Waals surface area contributed by atoms with Crippen molar-refractivity contribution in [3.05, 3.63) is 12.2 Å². The van der Waals surface area contributed by atoms with E-state index < -0.39 is 6.08 Å². The Labute approximate surface area is 77.8 Å². The van der Waals surface area contributed by atoms with Crippen LogP contribution in [0.3, 0.4) is 0 Å². The lowest BCUT2D eigenvalue weighted by Crippen LogP contribution is -2.21. The molecule has 1 unspecified atom stereocenters. The predicted octanol–water partition coefficient (Wildman–Crippen LogP) is 3.22. The lowest BCUT2D eigenvalue weighted by Gasteiger charge is -2.26. The molecule has 76 valence electrons. The summed E-state index contributed by atoms with van der Waals surface area (Å²) >= 11 is 0. The highest BCUT2D eigenvalue weighted by Crippen LogP contribution is 2.26. The Morgan fingerprint density at radius 1 is 1.46 bits per heavy atom. The monoisotopic (exact) mass is 190 g/mol. The number of ether oxygens (including phenoxy) is 1. The van der Waals surface area contributed by atoms with Crippen molar-refractivity contribution in [2.75, 3.05) is 13.2 Å². The lowest BCUT2D eigenvalue weighted by molar-refractivity contribution is 0.0498. The molecule has 0 aromatic heterocycles. The summed E-state index contributed by atoms with van der Waals surface area (Å²) in [5, 5.41) is 0.